The van der Waals surface area contributed by atoms with Crippen LogP contribution in [0.1, 0.15) is 41.4 Å². The molecule has 1 amide bonds. The Labute approximate surface area is 164 Å². The number of carbonyl (C=O) groups is 1. The van der Waals surface area contributed by atoms with Gasteiger partial charge in [0.05, 0.1) is 31.9 Å². The van der Waals surface area contributed by atoms with E-state index in [1.807, 2.05) is 36.4 Å². The molecule has 2 aliphatic rings. The van der Waals surface area contributed by atoms with Crippen LogP contribution in [0.4, 0.5) is 5.69 Å². The molecule has 4 rings (SSSR count). The summed E-state index contributed by atoms with van der Waals surface area (Å²) in [6.45, 7) is 5.15. The maximum Gasteiger partial charge on any atom is 0.251 e. The lowest BCUT2D eigenvalue weighted by molar-refractivity contribution is 0.0944. The van der Waals surface area contributed by atoms with E-state index < -0.39 is 0 Å². The Morgan fingerprint density at radius 2 is 2.18 bits per heavy atom. The Morgan fingerprint density at radius 3 is 2.93 bits per heavy atom. The fraction of sp³-hybridized carbons (Fsp3) is 0.409. The van der Waals surface area contributed by atoms with E-state index in [9.17, 15) is 4.79 Å². The van der Waals surface area contributed by atoms with E-state index in [0.29, 0.717) is 12.2 Å². The van der Waals surface area contributed by atoms with Gasteiger partial charge in [0.2, 0.25) is 0 Å². The van der Waals surface area contributed by atoms with Gasteiger partial charge in [-0.25, -0.2) is 0 Å². The summed E-state index contributed by atoms with van der Waals surface area (Å²) >= 11 is 0. The van der Waals surface area contributed by atoms with Crippen LogP contribution in [-0.4, -0.2) is 37.9 Å². The maximum absolute atomic E-state index is 12.3. The zero-order valence-electron chi connectivity index (χ0n) is 16.4. The van der Waals surface area contributed by atoms with Crippen LogP contribution in [0.15, 0.2) is 36.4 Å². The molecule has 0 saturated carbocycles. The minimum atomic E-state index is -0.211. The molecule has 2 aromatic carbocycles. The molecule has 2 heterocycles. The zero-order valence-corrected chi connectivity index (χ0v) is 16.4. The number of hydrogen-bond donors (Lipinski definition) is 3. The van der Waals surface area contributed by atoms with Crippen LogP contribution in [0.5, 0.6) is 11.5 Å². The van der Waals surface area contributed by atoms with Gasteiger partial charge < -0.3 is 25.2 Å². The van der Waals surface area contributed by atoms with Crippen LogP contribution in [0.25, 0.3) is 0 Å². The largest absolute Gasteiger partial charge is 0.496 e. The first-order valence-electron chi connectivity index (χ1n) is 9.57. The van der Waals surface area contributed by atoms with E-state index in [4.69, 9.17) is 14.6 Å². The molecule has 0 spiro atoms. The van der Waals surface area contributed by atoms with Crippen LogP contribution < -0.4 is 20.1 Å². The number of nitrogens with one attached hydrogen (secondary N) is 2. The predicted molar refractivity (Wildman–Crippen MR) is 107 cm³/mol. The van der Waals surface area contributed by atoms with Crippen molar-refractivity contribution in [3.63, 3.8) is 0 Å². The number of rotatable bonds is 4. The molecule has 0 saturated heterocycles. The van der Waals surface area contributed by atoms with Gasteiger partial charge in [0.25, 0.3) is 5.91 Å². The summed E-state index contributed by atoms with van der Waals surface area (Å²) in [5, 5.41) is 15.3. The van der Waals surface area contributed by atoms with Crippen LogP contribution in [0, 0.1) is 5.92 Å². The lowest BCUT2D eigenvalue weighted by Crippen LogP contribution is -2.46. The number of aliphatic hydroxyl groups excluding tert-OH is 1. The highest BCUT2D eigenvalue weighted by Crippen LogP contribution is 2.54. The standard InChI is InChI=1S/C22H26N2O4/c1-22(2)14-11-13(21(26)23-9-10-25)7-8-16(14)24-20-15(22)12-28-18-6-4-5-17(27-3)19(18)20/h4-8,11,15,20,24-25H,9-10,12H2,1-3H3,(H,23,26)/t15?,20-/m0/s1. The fourth-order valence-corrected chi connectivity index (χ4v) is 4.39. The molecule has 0 radical (unpaired) electrons. The second-order valence-electron chi connectivity index (χ2n) is 7.87. The van der Waals surface area contributed by atoms with Crippen molar-refractivity contribution < 1.29 is 19.4 Å². The average molecular weight is 382 g/mol. The highest BCUT2D eigenvalue weighted by Gasteiger charge is 2.47. The van der Waals surface area contributed by atoms with Crippen LogP contribution in [0.2, 0.25) is 0 Å². The minimum Gasteiger partial charge on any atom is -0.496 e. The lowest BCUT2D eigenvalue weighted by atomic mass is 9.65. The Bertz CT molecular complexity index is 895. The number of fused-ring (bicyclic) bond motifs is 4. The third-order valence-electron chi connectivity index (χ3n) is 5.99. The summed E-state index contributed by atoms with van der Waals surface area (Å²) in [5.41, 5.74) is 3.54. The molecule has 0 aliphatic carbocycles. The average Bonchev–Trinajstić information content (AvgIpc) is 2.71. The van der Waals surface area contributed by atoms with Crippen molar-refractivity contribution >= 4 is 11.6 Å². The number of carbonyl (C=O) groups excluding carboxylic acids is 1. The Kier molecular flexibility index (Phi) is 4.67. The molecule has 148 valence electrons. The smallest absolute Gasteiger partial charge is 0.251 e. The third-order valence-corrected chi connectivity index (χ3v) is 5.99. The van der Waals surface area contributed by atoms with Crippen molar-refractivity contribution in [2.75, 3.05) is 32.2 Å². The molecule has 2 aliphatic heterocycles. The van der Waals surface area contributed by atoms with Crippen LogP contribution >= 0.6 is 0 Å². The Hall–Kier alpha value is -2.73. The number of benzene rings is 2. The van der Waals surface area contributed by atoms with Gasteiger partial charge in [0.15, 0.2) is 0 Å². The molecule has 0 aromatic heterocycles. The number of ether oxygens (including phenoxy) is 2. The summed E-state index contributed by atoms with van der Waals surface area (Å²) in [7, 11) is 1.68. The molecular weight excluding hydrogens is 356 g/mol. The molecular formula is C22H26N2O4. The first kappa shape index (κ1) is 18.6. The topological polar surface area (TPSA) is 79.8 Å². The molecule has 3 N–H and O–H groups in total. The quantitative estimate of drug-likeness (QED) is 0.758. The molecule has 2 aromatic rings. The minimum absolute atomic E-state index is 0.0662. The van der Waals surface area contributed by atoms with E-state index in [1.54, 1.807) is 7.11 Å². The van der Waals surface area contributed by atoms with Gasteiger partial charge >= 0.3 is 0 Å². The number of anilines is 1. The molecule has 1 unspecified atom stereocenters. The van der Waals surface area contributed by atoms with E-state index in [2.05, 4.69) is 24.5 Å². The normalized spacial score (nSPS) is 21.3. The molecule has 2 atom stereocenters. The van der Waals surface area contributed by atoms with Gasteiger partial charge in [-0.2, -0.15) is 0 Å². The maximum atomic E-state index is 12.3. The van der Waals surface area contributed by atoms with E-state index in [-0.39, 0.29) is 36.4 Å². The van der Waals surface area contributed by atoms with Crippen LogP contribution in [0.3, 0.4) is 0 Å². The van der Waals surface area contributed by atoms with Gasteiger partial charge in [0.1, 0.15) is 11.5 Å². The number of aliphatic hydroxyl groups is 1. The van der Waals surface area contributed by atoms with Gasteiger partial charge in [-0.1, -0.05) is 19.9 Å². The van der Waals surface area contributed by atoms with E-state index in [0.717, 1.165) is 28.3 Å². The van der Waals surface area contributed by atoms with E-state index >= 15 is 0 Å². The first-order chi connectivity index (χ1) is 13.5. The monoisotopic (exact) mass is 382 g/mol. The molecule has 0 bridgehead atoms. The first-order valence-corrected chi connectivity index (χ1v) is 9.57. The van der Waals surface area contributed by atoms with Crippen molar-refractivity contribution in [1.29, 1.82) is 0 Å². The van der Waals surface area contributed by atoms with Gasteiger partial charge in [-0.05, 0) is 35.9 Å². The molecule has 6 nitrogen and oxygen atoms in total. The van der Waals surface area contributed by atoms with E-state index in [1.165, 1.54) is 0 Å². The summed E-state index contributed by atoms with van der Waals surface area (Å²) < 4.78 is 11.7. The molecule has 28 heavy (non-hydrogen) atoms. The number of amides is 1. The fourth-order valence-electron chi connectivity index (χ4n) is 4.39. The molecule has 6 heteroatoms. The summed E-state index contributed by atoms with van der Waals surface area (Å²) in [4.78, 5) is 12.3. The van der Waals surface area contributed by atoms with Gasteiger partial charge in [-0.15, -0.1) is 0 Å². The highest BCUT2D eigenvalue weighted by atomic mass is 16.5. The predicted octanol–water partition coefficient (Wildman–Crippen LogP) is 2.87. The van der Waals surface area contributed by atoms with Crippen molar-refractivity contribution in [2.45, 2.75) is 25.3 Å². The van der Waals surface area contributed by atoms with Crippen LogP contribution in [-0.2, 0) is 5.41 Å². The second-order valence-corrected chi connectivity index (χ2v) is 7.87. The Morgan fingerprint density at radius 1 is 1.36 bits per heavy atom. The zero-order chi connectivity index (χ0) is 19.9. The summed E-state index contributed by atoms with van der Waals surface area (Å²) in [6.07, 6.45) is 0. The third kappa shape index (κ3) is 2.88. The Balaban J connectivity index is 1.75. The summed E-state index contributed by atoms with van der Waals surface area (Å²) in [5.74, 6) is 1.67. The van der Waals surface area contributed by atoms with Crippen molar-refractivity contribution in [1.82, 2.24) is 5.32 Å². The van der Waals surface area contributed by atoms with Gasteiger partial charge in [0, 0.05) is 29.1 Å². The highest BCUT2D eigenvalue weighted by molar-refractivity contribution is 5.95. The summed E-state index contributed by atoms with van der Waals surface area (Å²) in [6, 6.07) is 11.7. The van der Waals surface area contributed by atoms with Gasteiger partial charge in [-0.3, -0.25) is 4.79 Å². The lowest BCUT2D eigenvalue weighted by Gasteiger charge is -2.48. The molecule has 0 fully saturated rings. The second kappa shape index (κ2) is 7.02. The van der Waals surface area contributed by atoms with Crippen molar-refractivity contribution in [3.05, 3.63) is 53.1 Å². The SMILES string of the molecule is COc1cccc2c1[C@H]1Nc3ccc(C(=O)NCCO)cc3C(C)(C)C1CO2. The van der Waals surface area contributed by atoms with Crippen molar-refractivity contribution in [2.24, 2.45) is 5.92 Å². The van der Waals surface area contributed by atoms with Crippen molar-refractivity contribution in [3.8, 4) is 11.5 Å². The number of methoxy groups -OCH3 is 1. The number of hydrogen-bond acceptors (Lipinski definition) is 5.